The maximum atomic E-state index is 12.8. The quantitative estimate of drug-likeness (QED) is 0.0265. The van der Waals surface area contributed by atoms with Crippen molar-refractivity contribution in [3.05, 3.63) is 12.2 Å². The van der Waals surface area contributed by atoms with Gasteiger partial charge in [-0.3, -0.25) is 9.59 Å². The van der Waals surface area contributed by atoms with Gasteiger partial charge in [-0.15, -0.1) is 0 Å². The summed E-state index contributed by atoms with van der Waals surface area (Å²) in [6.07, 6.45) is 30.0. The number of esters is 2. The second kappa shape index (κ2) is 37.0. The fourth-order valence-electron chi connectivity index (χ4n) is 7.18. The molecule has 0 bridgehead atoms. The van der Waals surface area contributed by atoms with E-state index in [1.807, 2.05) is 0 Å². The van der Waals surface area contributed by atoms with Gasteiger partial charge in [0.05, 0.1) is 6.61 Å². The van der Waals surface area contributed by atoms with Gasteiger partial charge in [-0.2, -0.15) is 0 Å². The van der Waals surface area contributed by atoms with Crippen molar-refractivity contribution in [2.24, 2.45) is 0 Å². The number of rotatable bonds is 39. The minimum Gasteiger partial charge on any atom is -0.479 e. The summed E-state index contributed by atoms with van der Waals surface area (Å²) in [6.45, 7) is 3.76. The molecule has 4 N–H and O–H groups in total. The molecule has 0 saturated carbocycles. The largest absolute Gasteiger partial charge is 0.479 e. The Bertz CT molecular complexity index is 1000. The molecule has 0 spiro atoms. The van der Waals surface area contributed by atoms with E-state index in [0.717, 1.165) is 64.2 Å². The molecule has 0 amide bonds. The van der Waals surface area contributed by atoms with Crippen molar-refractivity contribution >= 4 is 17.9 Å². The first-order valence-electron chi connectivity index (χ1n) is 23.2. The number of aliphatic carboxylic acids is 1. The molecule has 57 heavy (non-hydrogen) atoms. The van der Waals surface area contributed by atoms with Crippen LogP contribution in [0.2, 0.25) is 0 Å². The molecule has 11 heteroatoms. The molecule has 334 valence electrons. The molecule has 0 radical (unpaired) electrons. The van der Waals surface area contributed by atoms with Gasteiger partial charge < -0.3 is 39.4 Å². The molecule has 11 nitrogen and oxygen atoms in total. The van der Waals surface area contributed by atoms with Gasteiger partial charge in [0.1, 0.15) is 24.9 Å². The third-order valence-corrected chi connectivity index (χ3v) is 10.8. The van der Waals surface area contributed by atoms with Crippen LogP contribution in [-0.2, 0) is 33.3 Å². The van der Waals surface area contributed by atoms with Gasteiger partial charge in [0.15, 0.2) is 18.5 Å². The number of carbonyl (C=O) groups is 3. The molecule has 0 aromatic carbocycles. The van der Waals surface area contributed by atoms with Gasteiger partial charge in [-0.05, 0) is 32.1 Å². The van der Waals surface area contributed by atoms with E-state index in [2.05, 4.69) is 26.0 Å². The number of allylic oxidation sites excluding steroid dienone is 2. The Morgan fingerprint density at radius 1 is 0.526 bits per heavy atom. The van der Waals surface area contributed by atoms with Crippen molar-refractivity contribution in [3.63, 3.8) is 0 Å². The molecular weight excluding hydrogens is 728 g/mol. The predicted octanol–water partition coefficient (Wildman–Crippen LogP) is 10.0. The first-order valence-corrected chi connectivity index (χ1v) is 23.2. The van der Waals surface area contributed by atoms with Gasteiger partial charge in [-0.25, -0.2) is 4.79 Å². The lowest BCUT2D eigenvalue weighted by atomic mass is 9.99. The van der Waals surface area contributed by atoms with Crippen LogP contribution in [0.25, 0.3) is 0 Å². The first-order chi connectivity index (χ1) is 27.7. The van der Waals surface area contributed by atoms with Gasteiger partial charge >= 0.3 is 17.9 Å². The number of carboxylic acids is 1. The Morgan fingerprint density at radius 2 is 0.965 bits per heavy atom. The number of aliphatic hydroxyl groups is 3. The molecule has 1 saturated heterocycles. The number of hydrogen-bond donors (Lipinski definition) is 4. The fourth-order valence-corrected chi connectivity index (χ4v) is 7.18. The molecule has 1 rings (SSSR count). The molecule has 0 aromatic rings. The van der Waals surface area contributed by atoms with Crippen LogP contribution in [-0.4, -0.2) is 88.4 Å². The van der Waals surface area contributed by atoms with Gasteiger partial charge in [0.25, 0.3) is 0 Å². The van der Waals surface area contributed by atoms with E-state index >= 15 is 0 Å². The maximum absolute atomic E-state index is 12.8. The third-order valence-electron chi connectivity index (χ3n) is 10.8. The Morgan fingerprint density at radius 3 is 1.44 bits per heavy atom. The van der Waals surface area contributed by atoms with Crippen molar-refractivity contribution in [3.8, 4) is 0 Å². The SMILES string of the molecule is CCC/C=C\CCCCCCCC(=O)OCC(COC1OC(C(=O)O)C(O)C(O)C1O)OC(=O)CCCCCCCCCCCCCCCCCCCCCCC. The summed E-state index contributed by atoms with van der Waals surface area (Å²) in [7, 11) is 0. The topological polar surface area (TPSA) is 169 Å². The summed E-state index contributed by atoms with van der Waals surface area (Å²) < 4.78 is 21.7. The molecule has 0 aliphatic carbocycles. The number of ether oxygens (including phenoxy) is 4. The van der Waals surface area contributed by atoms with Crippen LogP contribution in [0.4, 0.5) is 0 Å². The van der Waals surface area contributed by atoms with Crippen LogP contribution < -0.4 is 0 Å². The third kappa shape index (κ3) is 28.9. The van der Waals surface area contributed by atoms with E-state index in [1.165, 1.54) is 109 Å². The molecular formula is C46H84O11. The zero-order valence-corrected chi connectivity index (χ0v) is 36.1. The van der Waals surface area contributed by atoms with E-state index in [1.54, 1.807) is 0 Å². The zero-order valence-electron chi connectivity index (χ0n) is 36.1. The van der Waals surface area contributed by atoms with E-state index in [0.29, 0.717) is 12.8 Å². The first kappa shape index (κ1) is 53.0. The number of carbonyl (C=O) groups excluding carboxylic acids is 2. The molecule has 6 unspecified atom stereocenters. The van der Waals surface area contributed by atoms with Crippen LogP contribution in [0.1, 0.15) is 213 Å². The second-order valence-corrected chi connectivity index (χ2v) is 16.3. The highest BCUT2D eigenvalue weighted by molar-refractivity contribution is 5.73. The summed E-state index contributed by atoms with van der Waals surface area (Å²) in [5, 5.41) is 39.8. The van der Waals surface area contributed by atoms with E-state index in [9.17, 15) is 34.8 Å². The summed E-state index contributed by atoms with van der Waals surface area (Å²) in [4.78, 5) is 36.7. The highest BCUT2D eigenvalue weighted by Gasteiger charge is 2.47. The summed E-state index contributed by atoms with van der Waals surface area (Å²) in [5.41, 5.74) is 0. The fraction of sp³-hybridized carbons (Fsp3) is 0.891. The van der Waals surface area contributed by atoms with Crippen LogP contribution in [0.3, 0.4) is 0 Å². The lowest BCUT2D eigenvalue weighted by molar-refractivity contribution is -0.298. The van der Waals surface area contributed by atoms with Crippen molar-refractivity contribution in [2.75, 3.05) is 13.2 Å². The molecule has 0 aromatic heterocycles. The number of aliphatic hydroxyl groups excluding tert-OH is 3. The summed E-state index contributed by atoms with van der Waals surface area (Å²) in [5.74, 6) is -2.44. The minimum atomic E-state index is -1.86. The lowest BCUT2D eigenvalue weighted by Crippen LogP contribution is -2.60. The standard InChI is InChI=1S/C46H84O11/c1-3-5-7-9-11-13-15-16-17-18-19-20-21-22-23-24-25-27-29-31-33-35-40(48)56-38(37-55-46-43(51)41(49)42(50)44(57-46)45(52)53)36-54-39(47)34-32-30-28-26-14-12-10-8-6-4-2/h8,10,38,41-44,46,49-51H,3-7,9,11-37H2,1-2H3,(H,52,53)/b10-8-. The Hall–Kier alpha value is -2.05. The molecule has 1 aliphatic heterocycles. The van der Waals surface area contributed by atoms with Crippen LogP contribution in [0, 0.1) is 0 Å². The number of unbranched alkanes of at least 4 members (excludes halogenated alkanes) is 26. The van der Waals surface area contributed by atoms with Crippen LogP contribution in [0.5, 0.6) is 0 Å². The highest BCUT2D eigenvalue weighted by atomic mass is 16.7. The second-order valence-electron chi connectivity index (χ2n) is 16.3. The Labute approximate surface area is 346 Å². The average molecular weight is 813 g/mol. The smallest absolute Gasteiger partial charge is 0.335 e. The lowest BCUT2D eigenvalue weighted by Gasteiger charge is -2.38. The monoisotopic (exact) mass is 813 g/mol. The molecule has 1 fully saturated rings. The summed E-state index contributed by atoms with van der Waals surface area (Å²) in [6, 6.07) is 0. The number of carboxylic acid groups (broad SMARTS) is 1. The van der Waals surface area contributed by atoms with Crippen LogP contribution >= 0.6 is 0 Å². The van der Waals surface area contributed by atoms with Gasteiger partial charge in [-0.1, -0.05) is 180 Å². The van der Waals surface area contributed by atoms with Crippen molar-refractivity contribution < 1.29 is 53.8 Å². The molecule has 1 aliphatic rings. The van der Waals surface area contributed by atoms with Crippen molar-refractivity contribution in [1.82, 2.24) is 0 Å². The molecule has 6 atom stereocenters. The zero-order chi connectivity index (χ0) is 41.8. The maximum Gasteiger partial charge on any atom is 0.335 e. The van der Waals surface area contributed by atoms with E-state index < -0.39 is 54.7 Å². The summed E-state index contributed by atoms with van der Waals surface area (Å²) >= 11 is 0. The predicted molar refractivity (Wildman–Crippen MR) is 225 cm³/mol. The van der Waals surface area contributed by atoms with E-state index in [4.69, 9.17) is 18.9 Å². The average Bonchev–Trinajstić information content (AvgIpc) is 3.19. The van der Waals surface area contributed by atoms with Gasteiger partial charge in [0.2, 0.25) is 0 Å². The van der Waals surface area contributed by atoms with Crippen molar-refractivity contribution in [1.29, 1.82) is 0 Å². The minimum absolute atomic E-state index is 0.187. The Balaban J connectivity index is 2.29. The van der Waals surface area contributed by atoms with Crippen molar-refractivity contribution in [2.45, 2.75) is 250 Å². The number of hydrogen-bond acceptors (Lipinski definition) is 10. The van der Waals surface area contributed by atoms with E-state index in [-0.39, 0.29) is 26.1 Å². The van der Waals surface area contributed by atoms with Gasteiger partial charge in [0, 0.05) is 12.8 Å². The normalized spacial score (nSPS) is 20.2. The Kier molecular flexibility index (Phi) is 34.4. The molecule has 1 heterocycles. The van der Waals surface area contributed by atoms with Crippen LogP contribution in [0.15, 0.2) is 12.2 Å². The highest BCUT2D eigenvalue weighted by Crippen LogP contribution is 2.23.